The van der Waals surface area contributed by atoms with Crippen molar-refractivity contribution >= 4 is 32.4 Å². The minimum absolute atomic E-state index is 0.483. The molecule has 1 N–H and O–H groups in total. The summed E-state index contributed by atoms with van der Waals surface area (Å²) in [5, 5.41) is 6.51. The maximum absolute atomic E-state index is 4.35. The summed E-state index contributed by atoms with van der Waals surface area (Å²) in [5.74, 6) is 0. The van der Waals surface area contributed by atoms with E-state index in [1.54, 1.807) is 11.3 Å². The van der Waals surface area contributed by atoms with Crippen molar-refractivity contribution in [2.24, 2.45) is 5.41 Å². The summed E-state index contributed by atoms with van der Waals surface area (Å²) in [4.78, 5) is 4.35. The molecule has 0 radical (unpaired) electrons. The highest BCUT2D eigenvalue weighted by molar-refractivity contribution is 9.10. The van der Waals surface area contributed by atoms with E-state index in [-0.39, 0.29) is 0 Å². The first-order valence-corrected chi connectivity index (χ1v) is 7.20. The molecule has 4 heteroatoms. The average molecular weight is 289 g/mol. The third kappa shape index (κ3) is 3.18. The Kier molecular flexibility index (Phi) is 3.67. The quantitative estimate of drug-likeness (QED) is 0.898. The van der Waals surface area contributed by atoms with Crippen LogP contribution in [0.15, 0.2) is 9.98 Å². The molecule has 0 aliphatic heterocycles. The van der Waals surface area contributed by atoms with Gasteiger partial charge >= 0.3 is 0 Å². The molecule has 2 nitrogen and oxygen atoms in total. The first kappa shape index (κ1) is 11.4. The van der Waals surface area contributed by atoms with Crippen molar-refractivity contribution in [1.29, 1.82) is 0 Å². The number of hydrogen-bond acceptors (Lipinski definition) is 3. The Morgan fingerprint density at radius 1 is 1.47 bits per heavy atom. The SMILES string of the molecule is CC1(CNc2nc(Br)cs2)CCCCC1. The molecule has 0 amide bonds. The Bertz CT molecular complexity index is 318. The number of halogens is 1. The molecular formula is C11H17BrN2S. The van der Waals surface area contributed by atoms with Gasteiger partial charge in [0, 0.05) is 11.9 Å². The zero-order valence-electron chi connectivity index (χ0n) is 9.05. The summed E-state index contributed by atoms with van der Waals surface area (Å²) in [7, 11) is 0. The zero-order valence-corrected chi connectivity index (χ0v) is 11.5. The van der Waals surface area contributed by atoms with Crippen LogP contribution in [0.5, 0.6) is 0 Å². The highest BCUT2D eigenvalue weighted by Crippen LogP contribution is 2.36. The van der Waals surface area contributed by atoms with E-state index < -0.39 is 0 Å². The lowest BCUT2D eigenvalue weighted by Gasteiger charge is -2.33. The topological polar surface area (TPSA) is 24.9 Å². The fourth-order valence-corrected chi connectivity index (χ4v) is 3.35. The molecule has 0 spiro atoms. The summed E-state index contributed by atoms with van der Waals surface area (Å²) >= 11 is 5.04. The summed E-state index contributed by atoms with van der Waals surface area (Å²) in [5.41, 5.74) is 0.483. The Morgan fingerprint density at radius 2 is 2.20 bits per heavy atom. The molecule has 1 aliphatic rings. The monoisotopic (exact) mass is 288 g/mol. The fraction of sp³-hybridized carbons (Fsp3) is 0.727. The largest absolute Gasteiger partial charge is 0.361 e. The van der Waals surface area contributed by atoms with E-state index in [4.69, 9.17) is 0 Å². The molecule has 0 unspecified atom stereocenters. The van der Waals surface area contributed by atoms with Gasteiger partial charge in [0.05, 0.1) is 0 Å². The second-order valence-electron chi connectivity index (χ2n) is 4.70. The molecule has 2 rings (SSSR count). The first-order chi connectivity index (χ1) is 7.18. The van der Waals surface area contributed by atoms with Crippen LogP contribution < -0.4 is 5.32 Å². The smallest absolute Gasteiger partial charge is 0.183 e. The lowest BCUT2D eigenvalue weighted by Crippen LogP contribution is -2.28. The summed E-state index contributed by atoms with van der Waals surface area (Å²) < 4.78 is 0.934. The second kappa shape index (κ2) is 4.83. The molecule has 0 aromatic carbocycles. The number of hydrogen-bond donors (Lipinski definition) is 1. The third-order valence-electron chi connectivity index (χ3n) is 3.20. The van der Waals surface area contributed by atoms with Gasteiger partial charge in [-0.3, -0.25) is 0 Å². The van der Waals surface area contributed by atoms with Crippen molar-refractivity contribution in [3.05, 3.63) is 9.98 Å². The Hall–Kier alpha value is -0.0900. The number of thiazole rings is 1. The molecule has 1 aromatic heterocycles. The lowest BCUT2D eigenvalue weighted by atomic mass is 9.76. The fourth-order valence-electron chi connectivity index (χ4n) is 2.21. The van der Waals surface area contributed by atoms with Gasteiger partial charge in [-0.2, -0.15) is 0 Å². The van der Waals surface area contributed by atoms with E-state index in [0.717, 1.165) is 16.3 Å². The molecule has 0 saturated heterocycles. The molecular weight excluding hydrogens is 272 g/mol. The van der Waals surface area contributed by atoms with Gasteiger partial charge in [-0.05, 0) is 34.2 Å². The Labute approximate surface area is 104 Å². The van der Waals surface area contributed by atoms with Gasteiger partial charge in [0.1, 0.15) is 4.60 Å². The highest BCUT2D eigenvalue weighted by atomic mass is 79.9. The molecule has 0 atom stereocenters. The van der Waals surface area contributed by atoms with Gasteiger partial charge in [-0.1, -0.05) is 26.2 Å². The molecule has 1 heterocycles. The lowest BCUT2D eigenvalue weighted by molar-refractivity contribution is 0.233. The minimum Gasteiger partial charge on any atom is -0.361 e. The zero-order chi connectivity index (χ0) is 10.7. The minimum atomic E-state index is 0.483. The van der Waals surface area contributed by atoms with Crippen molar-refractivity contribution in [3.63, 3.8) is 0 Å². The van der Waals surface area contributed by atoms with Crippen molar-refractivity contribution in [3.8, 4) is 0 Å². The predicted molar refractivity (Wildman–Crippen MR) is 69.5 cm³/mol. The molecule has 0 bridgehead atoms. The van der Waals surface area contributed by atoms with Gasteiger partial charge in [-0.15, -0.1) is 11.3 Å². The number of aromatic nitrogens is 1. The predicted octanol–water partition coefficient (Wildman–Crippen LogP) is 4.29. The summed E-state index contributed by atoms with van der Waals surface area (Å²) in [6.45, 7) is 3.45. The molecule has 15 heavy (non-hydrogen) atoms. The Morgan fingerprint density at radius 3 is 2.80 bits per heavy atom. The van der Waals surface area contributed by atoms with Crippen molar-refractivity contribution in [1.82, 2.24) is 4.98 Å². The van der Waals surface area contributed by atoms with Crippen LogP contribution in [-0.2, 0) is 0 Å². The second-order valence-corrected chi connectivity index (χ2v) is 6.37. The van der Waals surface area contributed by atoms with Gasteiger partial charge in [-0.25, -0.2) is 4.98 Å². The molecule has 1 saturated carbocycles. The van der Waals surface area contributed by atoms with E-state index in [9.17, 15) is 0 Å². The maximum atomic E-state index is 4.35. The molecule has 1 aliphatic carbocycles. The van der Waals surface area contributed by atoms with Crippen LogP contribution in [0.4, 0.5) is 5.13 Å². The summed E-state index contributed by atoms with van der Waals surface area (Å²) in [6, 6.07) is 0. The molecule has 1 aromatic rings. The van der Waals surface area contributed by atoms with Gasteiger partial charge < -0.3 is 5.32 Å². The van der Waals surface area contributed by atoms with Crippen LogP contribution >= 0.6 is 27.3 Å². The normalized spacial score (nSPS) is 20.1. The van der Waals surface area contributed by atoms with Crippen LogP contribution in [0.25, 0.3) is 0 Å². The van der Waals surface area contributed by atoms with Crippen LogP contribution in [0, 0.1) is 5.41 Å². The summed E-state index contributed by atoms with van der Waals surface area (Å²) in [6.07, 6.45) is 6.90. The van der Waals surface area contributed by atoms with E-state index in [1.165, 1.54) is 32.1 Å². The third-order valence-corrected chi connectivity index (χ3v) is 4.71. The number of nitrogens with one attached hydrogen (secondary N) is 1. The van der Waals surface area contributed by atoms with Gasteiger partial charge in [0.25, 0.3) is 0 Å². The number of nitrogens with zero attached hydrogens (tertiary/aromatic N) is 1. The Balaban J connectivity index is 1.86. The van der Waals surface area contributed by atoms with Crippen molar-refractivity contribution in [2.45, 2.75) is 39.0 Å². The average Bonchev–Trinajstić information content (AvgIpc) is 2.63. The van der Waals surface area contributed by atoms with Crippen LogP contribution in [0.3, 0.4) is 0 Å². The van der Waals surface area contributed by atoms with Crippen LogP contribution in [0.1, 0.15) is 39.0 Å². The van der Waals surface area contributed by atoms with Gasteiger partial charge in [0.2, 0.25) is 0 Å². The van der Waals surface area contributed by atoms with Crippen molar-refractivity contribution < 1.29 is 0 Å². The molecule has 84 valence electrons. The first-order valence-electron chi connectivity index (χ1n) is 5.53. The van der Waals surface area contributed by atoms with E-state index in [2.05, 4.69) is 33.2 Å². The number of rotatable bonds is 3. The number of anilines is 1. The maximum Gasteiger partial charge on any atom is 0.183 e. The standard InChI is InChI=1S/C11H17BrN2S/c1-11(5-3-2-4-6-11)8-13-10-14-9(12)7-15-10/h7H,2-6,8H2,1H3,(H,13,14). The van der Waals surface area contributed by atoms with E-state index in [1.807, 2.05) is 5.38 Å². The van der Waals surface area contributed by atoms with Crippen LogP contribution in [0.2, 0.25) is 0 Å². The highest BCUT2D eigenvalue weighted by Gasteiger charge is 2.26. The van der Waals surface area contributed by atoms with Gasteiger partial charge in [0.15, 0.2) is 5.13 Å². The van der Waals surface area contributed by atoms with Crippen LogP contribution in [-0.4, -0.2) is 11.5 Å². The van der Waals surface area contributed by atoms with E-state index >= 15 is 0 Å². The van der Waals surface area contributed by atoms with E-state index in [0.29, 0.717) is 5.41 Å². The molecule has 1 fully saturated rings. The van der Waals surface area contributed by atoms with Crippen molar-refractivity contribution in [2.75, 3.05) is 11.9 Å².